The molecule has 4 heteroatoms. The molecule has 2 aliphatic rings. The number of carbonyl (C=O) groups is 1. The fourth-order valence-corrected chi connectivity index (χ4v) is 21.2. The Bertz CT molecular complexity index is 389. The normalized spacial score (nSPS) is 20.3. The molecular weight excluding hydrogens is 383 g/mol. The molecule has 22 heavy (non-hydrogen) atoms. The molecule has 1 fully saturated rings. The van der Waals surface area contributed by atoms with Gasteiger partial charge in [-0.2, -0.15) is 0 Å². The van der Waals surface area contributed by atoms with E-state index in [-0.39, 0.29) is 5.78 Å². The molecule has 0 unspecified atom stereocenters. The van der Waals surface area contributed by atoms with Gasteiger partial charge in [0.2, 0.25) is 0 Å². The summed E-state index contributed by atoms with van der Waals surface area (Å²) in [5.74, 6) is -0.837. The summed E-state index contributed by atoms with van der Waals surface area (Å²) in [6.45, 7) is 7.96. The van der Waals surface area contributed by atoms with E-state index in [4.69, 9.17) is 9.47 Å². The summed E-state index contributed by atoms with van der Waals surface area (Å²) in [7, 11) is 0. The van der Waals surface area contributed by atoms with Gasteiger partial charge in [0.05, 0.1) is 0 Å². The molecule has 0 atom stereocenters. The van der Waals surface area contributed by atoms with E-state index in [2.05, 4.69) is 20.8 Å². The Balaban J connectivity index is 2.28. The van der Waals surface area contributed by atoms with E-state index in [0.717, 1.165) is 0 Å². The summed E-state index contributed by atoms with van der Waals surface area (Å²) in [5.41, 5.74) is 0. The van der Waals surface area contributed by atoms with Crippen LogP contribution in [0.3, 0.4) is 0 Å². The molecule has 0 radical (unpaired) electrons. The van der Waals surface area contributed by atoms with Crippen molar-refractivity contribution in [2.45, 2.75) is 78.4 Å². The molecule has 0 amide bonds. The summed E-state index contributed by atoms with van der Waals surface area (Å²) in [6.07, 6.45) is 9.54. The van der Waals surface area contributed by atoms with Gasteiger partial charge in [-0.1, -0.05) is 0 Å². The molecule has 0 aromatic rings. The zero-order chi connectivity index (χ0) is 16.1. The van der Waals surface area contributed by atoms with Crippen LogP contribution in [0.4, 0.5) is 0 Å². The number of rotatable bonds is 10. The van der Waals surface area contributed by atoms with Gasteiger partial charge in [0, 0.05) is 0 Å². The Kier molecular flexibility index (Phi) is 6.96. The molecule has 126 valence electrons. The van der Waals surface area contributed by atoms with Gasteiger partial charge in [-0.15, -0.1) is 0 Å². The number of ketones is 1. The van der Waals surface area contributed by atoms with Crippen molar-refractivity contribution in [3.63, 3.8) is 0 Å². The van der Waals surface area contributed by atoms with Crippen LogP contribution >= 0.6 is 0 Å². The molecule has 0 aromatic heterocycles. The summed E-state index contributed by atoms with van der Waals surface area (Å²) in [5, 5.41) is 0. The average molecular weight is 415 g/mol. The molecule has 0 aromatic carbocycles. The minimum atomic E-state index is -2.57. The Labute approximate surface area is 139 Å². The van der Waals surface area contributed by atoms with Crippen LogP contribution in [-0.4, -0.2) is 43.2 Å². The Morgan fingerprint density at radius 1 is 0.955 bits per heavy atom. The average Bonchev–Trinajstić information content (AvgIpc) is 3.05. The van der Waals surface area contributed by atoms with E-state index in [0.29, 0.717) is 13.2 Å². The standard InChI is InChI=1S/C6H5O3.3C4H9.Sn/c7-5-1-2-6(5)8-3-4-9-6;3*1-3-4-2;/h1H,3-4H2;3*1,3-4H2,2H3;. The van der Waals surface area contributed by atoms with E-state index < -0.39 is 24.2 Å². The van der Waals surface area contributed by atoms with Gasteiger partial charge in [-0.05, 0) is 0 Å². The van der Waals surface area contributed by atoms with Gasteiger partial charge in [0.25, 0.3) is 0 Å². The molecule has 0 bridgehead atoms. The maximum absolute atomic E-state index is 12.2. The molecular formula is C18H32O3Sn. The molecule has 1 aliphatic heterocycles. The van der Waals surface area contributed by atoms with Gasteiger partial charge in [0.15, 0.2) is 0 Å². The Morgan fingerprint density at radius 3 is 1.77 bits per heavy atom. The van der Waals surface area contributed by atoms with E-state index >= 15 is 0 Å². The van der Waals surface area contributed by atoms with Crippen molar-refractivity contribution in [2.75, 3.05) is 13.2 Å². The van der Waals surface area contributed by atoms with E-state index in [9.17, 15) is 4.79 Å². The number of ether oxygens (including phenoxy) is 2. The van der Waals surface area contributed by atoms with Crippen LogP contribution in [-0.2, 0) is 14.3 Å². The minimum absolute atomic E-state index is 0.0746. The summed E-state index contributed by atoms with van der Waals surface area (Å²) in [4.78, 5) is 12.2. The summed E-state index contributed by atoms with van der Waals surface area (Å²) < 4.78 is 17.2. The monoisotopic (exact) mass is 416 g/mol. The topological polar surface area (TPSA) is 35.5 Å². The summed E-state index contributed by atoms with van der Waals surface area (Å²) >= 11 is -2.57. The van der Waals surface area contributed by atoms with Crippen LogP contribution in [0, 0.1) is 0 Å². The maximum atomic E-state index is 12.2. The fraction of sp³-hybridized carbons (Fsp3) is 0.833. The van der Waals surface area contributed by atoms with Crippen LogP contribution in [0.5, 0.6) is 0 Å². The second kappa shape index (κ2) is 8.29. The third-order valence-electron chi connectivity index (χ3n) is 5.25. The van der Waals surface area contributed by atoms with E-state index in [1.807, 2.05) is 6.08 Å². The first-order chi connectivity index (χ1) is 10.6. The van der Waals surface area contributed by atoms with Crippen molar-refractivity contribution in [1.82, 2.24) is 0 Å². The van der Waals surface area contributed by atoms with Crippen molar-refractivity contribution in [3.05, 3.63) is 9.67 Å². The second-order valence-electron chi connectivity index (χ2n) is 6.83. The van der Waals surface area contributed by atoms with Crippen LogP contribution in [0.1, 0.15) is 59.3 Å². The van der Waals surface area contributed by atoms with Gasteiger partial charge >= 0.3 is 140 Å². The molecule has 0 N–H and O–H groups in total. The van der Waals surface area contributed by atoms with Crippen LogP contribution in [0.2, 0.25) is 13.3 Å². The molecule has 2 rings (SSSR count). The second-order valence-corrected chi connectivity index (χ2v) is 20.0. The van der Waals surface area contributed by atoms with Gasteiger partial charge in [-0.3, -0.25) is 0 Å². The third kappa shape index (κ3) is 3.46. The van der Waals surface area contributed by atoms with Crippen LogP contribution in [0.15, 0.2) is 9.67 Å². The van der Waals surface area contributed by atoms with Gasteiger partial charge < -0.3 is 0 Å². The molecule has 1 spiro atoms. The Hall–Kier alpha value is 0.129. The predicted octanol–water partition coefficient (Wildman–Crippen LogP) is 4.63. The molecule has 0 saturated carbocycles. The number of hydrogen-bond acceptors (Lipinski definition) is 3. The van der Waals surface area contributed by atoms with Gasteiger partial charge in [-0.25, -0.2) is 0 Å². The number of hydrogen-bond donors (Lipinski definition) is 0. The first-order valence-electron chi connectivity index (χ1n) is 9.20. The van der Waals surface area contributed by atoms with Gasteiger partial charge in [0.1, 0.15) is 0 Å². The third-order valence-corrected chi connectivity index (χ3v) is 21.1. The van der Waals surface area contributed by atoms with Crippen molar-refractivity contribution in [2.24, 2.45) is 0 Å². The molecule has 1 heterocycles. The first-order valence-corrected chi connectivity index (χ1v) is 16.7. The van der Waals surface area contributed by atoms with E-state index in [1.165, 1.54) is 55.4 Å². The first kappa shape index (κ1) is 18.5. The van der Waals surface area contributed by atoms with Crippen LogP contribution < -0.4 is 0 Å². The van der Waals surface area contributed by atoms with Crippen molar-refractivity contribution in [3.8, 4) is 0 Å². The number of carbonyl (C=O) groups excluding carboxylic acids is 1. The zero-order valence-electron chi connectivity index (χ0n) is 14.6. The van der Waals surface area contributed by atoms with Crippen molar-refractivity contribution in [1.29, 1.82) is 0 Å². The Morgan fingerprint density at radius 2 is 1.41 bits per heavy atom. The molecule has 1 aliphatic carbocycles. The van der Waals surface area contributed by atoms with E-state index in [1.54, 1.807) is 0 Å². The quantitative estimate of drug-likeness (QED) is 0.489. The number of unbranched alkanes of at least 4 members (excludes halogenated alkanes) is 3. The molecule has 3 nitrogen and oxygen atoms in total. The summed E-state index contributed by atoms with van der Waals surface area (Å²) in [6, 6.07) is 0. The van der Waals surface area contributed by atoms with Crippen molar-refractivity contribution >= 4 is 24.2 Å². The SMILES string of the molecule is CCC[CH2][Sn]([CH2]CCC)([CH2]CCC)[C]1=CC(=O)C12OCCO2. The zero-order valence-corrected chi connectivity index (χ0v) is 17.4. The fourth-order valence-electron chi connectivity index (χ4n) is 3.91. The molecule has 1 saturated heterocycles. The predicted molar refractivity (Wildman–Crippen MR) is 92.6 cm³/mol. The van der Waals surface area contributed by atoms with Crippen LogP contribution in [0.25, 0.3) is 0 Å². The van der Waals surface area contributed by atoms with Crippen molar-refractivity contribution < 1.29 is 14.3 Å².